The topological polar surface area (TPSA) is 104 Å². The Morgan fingerprint density at radius 2 is 2.29 bits per heavy atom. The van der Waals surface area contributed by atoms with E-state index in [9.17, 15) is 9.59 Å². The molecule has 0 aliphatic carbocycles. The molecule has 92 valence electrons. The molecule has 1 saturated heterocycles. The molecule has 0 saturated carbocycles. The number of hydrogen-bond donors (Lipinski definition) is 3. The normalized spacial score (nSPS) is 23.5. The Kier molecular flexibility index (Phi) is 3.38. The van der Waals surface area contributed by atoms with Crippen molar-refractivity contribution in [1.82, 2.24) is 15.5 Å². The smallest absolute Gasteiger partial charge is 0.332 e. The molecule has 2 heterocycles. The third kappa shape index (κ3) is 2.82. The van der Waals surface area contributed by atoms with E-state index in [2.05, 4.69) is 15.5 Å². The van der Waals surface area contributed by atoms with Crippen LogP contribution in [0.5, 0.6) is 0 Å². The van der Waals surface area contributed by atoms with Gasteiger partial charge in [0, 0.05) is 18.3 Å². The van der Waals surface area contributed by atoms with Crippen LogP contribution in [0.3, 0.4) is 0 Å². The molecule has 3 N–H and O–H groups in total. The number of nitrogens with one attached hydrogen (secondary N) is 2. The number of aromatic amines is 1. The van der Waals surface area contributed by atoms with Gasteiger partial charge in [0.25, 0.3) is 0 Å². The van der Waals surface area contributed by atoms with Gasteiger partial charge in [0.15, 0.2) is 6.10 Å². The monoisotopic (exact) mass is 239 g/mol. The van der Waals surface area contributed by atoms with Gasteiger partial charge in [-0.05, 0) is 12.8 Å². The summed E-state index contributed by atoms with van der Waals surface area (Å²) in [5.41, 5.74) is 0.853. The Balaban J connectivity index is 1.79. The first kappa shape index (κ1) is 11.6. The maximum absolute atomic E-state index is 11.6. The highest BCUT2D eigenvalue weighted by atomic mass is 16.5. The number of H-pyrrole nitrogens is 1. The summed E-state index contributed by atoms with van der Waals surface area (Å²) in [6.45, 7) is 0.354. The van der Waals surface area contributed by atoms with Crippen molar-refractivity contribution in [2.75, 3.05) is 0 Å². The highest BCUT2D eigenvalue weighted by molar-refractivity contribution is 5.82. The average molecular weight is 239 g/mol. The first-order valence-electron chi connectivity index (χ1n) is 5.30. The standard InChI is InChI=1S/C10H13N3O4/c14-9(11-3-6-4-12-13-5-6)7-1-2-8(17-7)10(15)16/h4-5,7-8H,1-3H2,(H,11,14)(H,12,13)(H,15,16)/t7-,8+/m0/s1. The van der Waals surface area contributed by atoms with Crippen LogP contribution in [0.15, 0.2) is 12.4 Å². The molecular weight excluding hydrogens is 226 g/mol. The lowest BCUT2D eigenvalue weighted by atomic mass is 10.2. The zero-order chi connectivity index (χ0) is 12.3. The minimum Gasteiger partial charge on any atom is -0.479 e. The second-order valence-electron chi connectivity index (χ2n) is 3.85. The molecule has 1 aromatic heterocycles. The number of amides is 1. The van der Waals surface area contributed by atoms with E-state index >= 15 is 0 Å². The highest BCUT2D eigenvalue weighted by Crippen LogP contribution is 2.19. The second-order valence-corrected chi connectivity index (χ2v) is 3.85. The van der Waals surface area contributed by atoms with E-state index in [0.717, 1.165) is 5.56 Å². The molecule has 1 aromatic rings. The number of aromatic nitrogens is 2. The summed E-state index contributed by atoms with van der Waals surface area (Å²) >= 11 is 0. The number of ether oxygens (including phenoxy) is 1. The summed E-state index contributed by atoms with van der Waals surface area (Å²) < 4.78 is 5.12. The Morgan fingerprint density at radius 3 is 2.88 bits per heavy atom. The highest BCUT2D eigenvalue weighted by Gasteiger charge is 2.34. The van der Waals surface area contributed by atoms with Crippen LogP contribution in [0.1, 0.15) is 18.4 Å². The van der Waals surface area contributed by atoms with Crippen LogP contribution < -0.4 is 5.32 Å². The van der Waals surface area contributed by atoms with Gasteiger partial charge in [-0.15, -0.1) is 0 Å². The molecule has 1 aliphatic rings. The van der Waals surface area contributed by atoms with E-state index in [1.165, 1.54) is 0 Å². The molecule has 17 heavy (non-hydrogen) atoms. The van der Waals surface area contributed by atoms with Crippen LogP contribution in [0.2, 0.25) is 0 Å². The summed E-state index contributed by atoms with van der Waals surface area (Å²) in [5.74, 6) is -1.30. The molecule has 1 amide bonds. The maximum atomic E-state index is 11.6. The molecular formula is C10H13N3O4. The van der Waals surface area contributed by atoms with E-state index in [4.69, 9.17) is 9.84 Å². The molecule has 1 aliphatic heterocycles. The van der Waals surface area contributed by atoms with Crippen LogP contribution in [0, 0.1) is 0 Å². The zero-order valence-electron chi connectivity index (χ0n) is 9.05. The maximum Gasteiger partial charge on any atom is 0.332 e. The molecule has 0 radical (unpaired) electrons. The number of aliphatic carboxylic acids is 1. The summed E-state index contributed by atoms with van der Waals surface area (Å²) in [4.78, 5) is 22.3. The molecule has 2 atom stereocenters. The second kappa shape index (κ2) is 4.96. The van der Waals surface area contributed by atoms with Crippen LogP contribution in [-0.4, -0.2) is 39.4 Å². The molecule has 2 rings (SSSR count). The first-order chi connectivity index (χ1) is 8.16. The van der Waals surface area contributed by atoms with Gasteiger partial charge < -0.3 is 15.2 Å². The van der Waals surface area contributed by atoms with Crippen molar-refractivity contribution in [3.8, 4) is 0 Å². The van der Waals surface area contributed by atoms with Crippen molar-refractivity contribution in [1.29, 1.82) is 0 Å². The van der Waals surface area contributed by atoms with Gasteiger partial charge in [-0.25, -0.2) is 4.79 Å². The van der Waals surface area contributed by atoms with Gasteiger partial charge >= 0.3 is 5.97 Å². The predicted molar refractivity (Wildman–Crippen MR) is 56.0 cm³/mol. The lowest BCUT2D eigenvalue weighted by Gasteiger charge is -2.10. The first-order valence-corrected chi connectivity index (χ1v) is 5.30. The molecule has 1 fully saturated rings. The van der Waals surface area contributed by atoms with Crippen molar-refractivity contribution < 1.29 is 19.4 Å². The molecule has 0 bridgehead atoms. The van der Waals surface area contributed by atoms with Gasteiger partial charge in [0.1, 0.15) is 6.10 Å². The Bertz CT molecular complexity index is 404. The van der Waals surface area contributed by atoms with Crippen molar-refractivity contribution in [2.45, 2.75) is 31.6 Å². The van der Waals surface area contributed by atoms with Crippen molar-refractivity contribution >= 4 is 11.9 Å². The third-order valence-electron chi connectivity index (χ3n) is 2.61. The summed E-state index contributed by atoms with van der Waals surface area (Å²) in [7, 11) is 0. The van der Waals surface area contributed by atoms with Gasteiger partial charge in [0.2, 0.25) is 5.91 Å². The van der Waals surface area contributed by atoms with Crippen molar-refractivity contribution in [3.05, 3.63) is 18.0 Å². The van der Waals surface area contributed by atoms with Crippen LogP contribution in [-0.2, 0) is 20.9 Å². The number of carboxylic acid groups (broad SMARTS) is 1. The van der Waals surface area contributed by atoms with Crippen LogP contribution >= 0.6 is 0 Å². The van der Waals surface area contributed by atoms with E-state index in [0.29, 0.717) is 19.4 Å². The van der Waals surface area contributed by atoms with Gasteiger partial charge in [-0.2, -0.15) is 5.10 Å². The van der Waals surface area contributed by atoms with Crippen LogP contribution in [0.4, 0.5) is 0 Å². The zero-order valence-corrected chi connectivity index (χ0v) is 9.05. The lowest BCUT2D eigenvalue weighted by Crippen LogP contribution is -2.35. The fourth-order valence-corrected chi connectivity index (χ4v) is 1.69. The van der Waals surface area contributed by atoms with E-state index in [1.807, 2.05) is 0 Å². The number of carbonyl (C=O) groups is 2. The Hall–Kier alpha value is -1.89. The molecule has 7 nitrogen and oxygen atoms in total. The number of hydrogen-bond acceptors (Lipinski definition) is 4. The fraction of sp³-hybridized carbons (Fsp3) is 0.500. The Labute approximate surface area is 97.2 Å². The molecule has 0 unspecified atom stereocenters. The number of rotatable bonds is 4. The number of carboxylic acids is 1. The minimum atomic E-state index is -1.02. The Morgan fingerprint density at radius 1 is 1.53 bits per heavy atom. The number of carbonyl (C=O) groups excluding carboxylic acids is 1. The van der Waals surface area contributed by atoms with E-state index in [-0.39, 0.29) is 5.91 Å². The van der Waals surface area contributed by atoms with Crippen molar-refractivity contribution in [2.24, 2.45) is 0 Å². The van der Waals surface area contributed by atoms with E-state index in [1.54, 1.807) is 12.4 Å². The summed E-state index contributed by atoms with van der Waals surface area (Å²) in [6.07, 6.45) is 2.57. The minimum absolute atomic E-state index is 0.282. The quantitative estimate of drug-likeness (QED) is 0.666. The van der Waals surface area contributed by atoms with Gasteiger partial charge in [0.05, 0.1) is 6.20 Å². The van der Waals surface area contributed by atoms with E-state index < -0.39 is 18.2 Å². The third-order valence-corrected chi connectivity index (χ3v) is 2.61. The SMILES string of the molecule is O=C(NCc1cn[nH]c1)[C@@H]1CC[C@H](C(=O)O)O1. The van der Waals surface area contributed by atoms with Gasteiger partial charge in [-0.3, -0.25) is 9.89 Å². The molecule has 7 heteroatoms. The summed E-state index contributed by atoms with van der Waals surface area (Å²) in [6, 6.07) is 0. The largest absolute Gasteiger partial charge is 0.479 e. The fourth-order valence-electron chi connectivity index (χ4n) is 1.69. The average Bonchev–Trinajstić information content (AvgIpc) is 2.96. The lowest BCUT2D eigenvalue weighted by molar-refractivity contribution is -0.151. The summed E-state index contributed by atoms with van der Waals surface area (Å²) in [5, 5.41) is 17.8. The van der Waals surface area contributed by atoms with Crippen molar-refractivity contribution in [3.63, 3.8) is 0 Å². The molecule has 0 aromatic carbocycles. The van der Waals surface area contributed by atoms with Gasteiger partial charge in [-0.1, -0.05) is 0 Å². The number of nitrogens with zero attached hydrogens (tertiary/aromatic N) is 1. The predicted octanol–water partition coefficient (Wildman–Crippen LogP) is -0.342. The van der Waals surface area contributed by atoms with Crippen LogP contribution in [0.25, 0.3) is 0 Å². The molecule has 0 spiro atoms.